The van der Waals surface area contributed by atoms with Crippen LogP contribution in [-0.4, -0.2) is 28.4 Å². The number of nitrogens with zero attached hydrogens (tertiary/aromatic N) is 1. The van der Waals surface area contributed by atoms with Gasteiger partial charge in [-0.2, -0.15) is 0 Å². The second-order valence-corrected chi connectivity index (χ2v) is 6.91. The minimum atomic E-state index is -0.580. The summed E-state index contributed by atoms with van der Waals surface area (Å²) in [5, 5.41) is 0. The van der Waals surface area contributed by atoms with Crippen molar-refractivity contribution in [3.8, 4) is 0 Å². The lowest BCUT2D eigenvalue weighted by molar-refractivity contribution is -0.141. The number of hydrogen-bond acceptors (Lipinski definition) is 2. The molecule has 3 nitrogen and oxygen atoms in total. The first-order chi connectivity index (χ1) is 9.99. The fourth-order valence-electron chi connectivity index (χ4n) is 3.24. The molecule has 122 valence electrons. The fraction of sp³-hybridized carbons (Fsp3) is 0.882. The Bertz CT molecular complexity index is 349. The quantitative estimate of drug-likeness (QED) is 0.570. The van der Waals surface area contributed by atoms with E-state index in [0.29, 0.717) is 4.99 Å². The molecule has 21 heavy (non-hydrogen) atoms. The summed E-state index contributed by atoms with van der Waals surface area (Å²) >= 11 is 5.35. The third-order valence-electron chi connectivity index (χ3n) is 4.97. The van der Waals surface area contributed by atoms with Gasteiger partial charge in [-0.1, -0.05) is 58.2 Å². The molecule has 0 spiro atoms. The first-order valence-electron chi connectivity index (χ1n) is 8.60. The summed E-state index contributed by atoms with van der Waals surface area (Å²) in [7, 11) is 0. The van der Waals surface area contributed by atoms with Crippen LogP contribution in [0.4, 0.5) is 0 Å². The van der Waals surface area contributed by atoms with Gasteiger partial charge < -0.3 is 10.6 Å². The van der Waals surface area contributed by atoms with Gasteiger partial charge in [-0.15, -0.1) is 0 Å². The van der Waals surface area contributed by atoms with Crippen molar-refractivity contribution in [1.82, 2.24) is 4.90 Å². The molecule has 1 amide bonds. The number of carbonyl (C=O) groups excluding carboxylic acids is 1. The molecule has 1 fully saturated rings. The first kappa shape index (κ1) is 18.4. The third-order valence-corrected chi connectivity index (χ3v) is 5.37. The molecule has 0 radical (unpaired) electrons. The highest BCUT2D eigenvalue weighted by Gasteiger charge is 2.44. The molecule has 1 unspecified atom stereocenters. The van der Waals surface area contributed by atoms with Crippen LogP contribution in [0.5, 0.6) is 0 Å². The highest BCUT2D eigenvalue weighted by atomic mass is 32.1. The van der Waals surface area contributed by atoms with E-state index in [-0.39, 0.29) is 11.9 Å². The number of thiocarbonyl (C=S) groups is 1. The molecule has 2 N–H and O–H groups in total. The molecule has 0 aliphatic heterocycles. The van der Waals surface area contributed by atoms with Gasteiger partial charge in [0.15, 0.2) is 0 Å². The zero-order valence-corrected chi connectivity index (χ0v) is 14.8. The largest absolute Gasteiger partial charge is 0.392 e. The second-order valence-electron chi connectivity index (χ2n) is 6.47. The van der Waals surface area contributed by atoms with E-state index in [0.717, 1.165) is 51.5 Å². The third kappa shape index (κ3) is 4.41. The van der Waals surface area contributed by atoms with Crippen molar-refractivity contribution >= 4 is 23.1 Å². The smallest absolute Gasteiger partial charge is 0.235 e. The average Bonchev–Trinajstić information content (AvgIpc) is 2.73. The Balaban J connectivity index is 3.02. The SMILES string of the molecule is CCCCN(C(=O)C1(C(N)=S)CCCCCC1)C(C)CC. The van der Waals surface area contributed by atoms with E-state index in [1.54, 1.807) is 0 Å². The van der Waals surface area contributed by atoms with Crippen LogP contribution in [0.25, 0.3) is 0 Å². The predicted molar refractivity (Wildman–Crippen MR) is 93.3 cm³/mol. The fourth-order valence-corrected chi connectivity index (χ4v) is 3.54. The van der Waals surface area contributed by atoms with E-state index in [1.165, 1.54) is 12.8 Å². The molecule has 0 heterocycles. The van der Waals surface area contributed by atoms with Crippen molar-refractivity contribution in [3.63, 3.8) is 0 Å². The summed E-state index contributed by atoms with van der Waals surface area (Å²) in [5.41, 5.74) is 5.48. The molecule has 0 aromatic carbocycles. The van der Waals surface area contributed by atoms with Crippen LogP contribution >= 0.6 is 12.2 Å². The summed E-state index contributed by atoms with van der Waals surface area (Å²) in [5.74, 6) is 0.194. The number of amides is 1. The van der Waals surface area contributed by atoms with Crippen molar-refractivity contribution < 1.29 is 4.79 Å². The molecule has 0 aromatic rings. The number of hydrogen-bond donors (Lipinski definition) is 1. The van der Waals surface area contributed by atoms with Crippen LogP contribution < -0.4 is 5.73 Å². The Morgan fingerprint density at radius 1 is 1.24 bits per heavy atom. The monoisotopic (exact) mass is 312 g/mol. The van der Waals surface area contributed by atoms with Crippen LogP contribution in [0, 0.1) is 5.41 Å². The number of nitrogens with two attached hydrogens (primary N) is 1. The second kappa shape index (κ2) is 8.72. The summed E-state index contributed by atoms with van der Waals surface area (Å²) in [6.45, 7) is 7.26. The van der Waals surface area contributed by atoms with Crippen LogP contribution in [0.15, 0.2) is 0 Å². The lowest BCUT2D eigenvalue weighted by atomic mass is 9.78. The van der Waals surface area contributed by atoms with Gasteiger partial charge in [0.25, 0.3) is 0 Å². The summed E-state index contributed by atoms with van der Waals surface area (Å²) < 4.78 is 0. The van der Waals surface area contributed by atoms with Crippen molar-refractivity contribution in [3.05, 3.63) is 0 Å². The number of unbranched alkanes of at least 4 members (excludes halogenated alkanes) is 1. The van der Waals surface area contributed by atoms with E-state index >= 15 is 0 Å². The lowest BCUT2D eigenvalue weighted by Crippen LogP contribution is -2.53. The zero-order chi connectivity index (χ0) is 15.9. The Morgan fingerprint density at radius 2 is 1.81 bits per heavy atom. The van der Waals surface area contributed by atoms with Gasteiger partial charge in [-0.3, -0.25) is 4.79 Å². The van der Waals surface area contributed by atoms with Gasteiger partial charge in [0.1, 0.15) is 0 Å². The average molecular weight is 313 g/mol. The highest BCUT2D eigenvalue weighted by molar-refractivity contribution is 7.80. The van der Waals surface area contributed by atoms with Crippen LogP contribution in [0.1, 0.15) is 78.6 Å². The molecule has 0 aromatic heterocycles. The molecular weight excluding hydrogens is 280 g/mol. The molecule has 1 aliphatic rings. The van der Waals surface area contributed by atoms with Gasteiger partial charge in [0.05, 0.1) is 10.4 Å². The number of rotatable bonds is 7. The normalized spacial score (nSPS) is 19.6. The van der Waals surface area contributed by atoms with Gasteiger partial charge in [-0.25, -0.2) is 0 Å². The molecule has 1 rings (SSSR count). The molecule has 1 aliphatic carbocycles. The minimum Gasteiger partial charge on any atom is -0.392 e. The van der Waals surface area contributed by atoms with E-state index in [9.17, 15) is 4.79 Å². The maximum atomic E-state index is 13.3. The summed E-state index contributed by atoms with van der Waals surface area (Å²) in [6.07, 6.45) is 9.29. The van der Waals surface area contributed by atoms with Crippen LogP contribution in [-0.2, 0) is 4.79 Å². The van der Waals surface area contributed by atoms with Crippen molar-refractivity contribution in [2.24, 2.45) is 11.1 Å². The molecule has 0 bridgehead atoms. The van der Waals surface area contributed by atoms with Gasteiger partial charge in [0.2, 0.25) is 5.91 Å². The van der Waals surface area contributed by atoms with Gasteiger partial charge in [0, 0.05) is 12.6 Å². The maximum Gasteiger partial charge on any atom is 0.235 e. The molecular formula is C17H32N2OS. The van der Waals surface area contributed by atoms with Crippen LogP contribution in [0.2, 0.25) is 0 Å². The van der Waals surface area contributed by atoms with E-state index in [1.807, 2.05) is 4.90 Å². The Labute approximate surface area is 135 Å². The Kier molecular flexibility index (Phi) is 7.64. The summed E-state index contributed by atoms with van der Waals surface area (Å²) in [4.78, 5) is 15.7. The van der Waals surface area contributed by atoms with Crippen molar-refractivity contribution in [2.75, 3.05) is 6.54 Å². The highest BCUT2D eigenvalue weighted by Crippen LogP contribution is 2.38. The Hall–Kier alpha value is -0.640. The standard InChI is InChI=1S/C17H32N2OS/c1-4-6-13-19(14(3)5-2)16(20)17(15(18)21)11-9-7-8-10-12-17/h14H,4-13H2,1-3H3,(H2,18,21). The van der Waals surface area contributed by atoms with Crippen molar-refractivity contribution in [1.29, 1.82) is 0 Å². The molecule has 1 saturated carbocycles. The van der Waals surface area contributed by atoms with Crippen molar-refractivity contribution in [2.45, 2.75) is 84.6 Å². The maximum absolute atomic E-state index is 13.3. The first-order valence-corrected chi connectivity index (χ1v) is 9.01. The minimum absolute atomic E-state index is 0.194. The molecule has 4 heteroatoms. The van der Waals surface area contributed by atoms with Crippen LogP contribution in [0.3, 0.4) is 0 Å². The summed E-state index contributed by atoms with van der Waals surface area (Å²) in [6, 6.07) is 0.263. The topological polar surface area (TPSA) is 46.3 Å². The van der Waals surface area contributed by atoms with E-state index in [2.05, 4.69) is 20.8 Å². The molecule has 1 atom stereocenters. The molecule has 0 saturated heterocycles. The Morgan fingerprint density at radius 3 is 2.24 bits per heavy atom. The number of carbonyl (C=O) groups is 1. The van der Waals surface area contributed by atoms with E-state index in [4.69, 9.17) is 18.0 Å². The predicted octanol–water partition coefficient (Wildman–Crippen LogP) is 4.04. The van der Waals surface area contributed by atoms with Gasteiger partial charge >= 0.3 is 0 Å². The van der Waals surface area contributed by atoms with Gasteiger partial charge in [-0.05, 0) is 32.6 Å². The zero-order valence-electron chi connectivity index (χ0n) is 14.0. The lowest BCUT2D eigenvalue weighted by Gasteiger charge is -2.39. The van der Waals surface area contributed by atoms with E-state index < -0.39 is 5.41 Å².